The fraction of sp³-hybridized carbons (Fsp3) is 0.450. The Kier molecular flexibility index (Phi) is 6.14. The lowest BCUT2D eigenvalue weighted by atomic mass is 9.97. The number of piperazine rings is 1. The van der Waals surface area contributed by atoms with E-state index in [2.05, 4.69) is 4.90 Å². The van der Waals surface area contributed by atoms with Crippen molar-refractivity contribution in [2.24, 2.45) is 5.92 Å². The molecule has 0 spiro atoms. The first kappa shape index (κ1) is 19.7. The highest BCUT2D eigenvalue weighted by Crippen LogP contribution is 2.20. The Hall–Kier alpha value is -3.08. The number of hydrogen-bond donors (Lipinski definition) is 1. The molecule has 148 valence electrons. The normalized spacial score (nSPS) is 18.7. The monoisotopic (exact) mass is 386 g/mol. The molecule has 0 saturated carbocycles. The van der Waals surface area contributed by atoms with E-state index in [1.165, 1.54) is 12.1 Å². The Morgan fingerprint density at radius 2 is 1.68 bits per heavy atom. The molecular weight excluding hydrogens is 363 g/mol. The molecule has 1 N–H and O–H groups in total. The predicted octanol–water partition coefficient (Wildman–Crippen LogP) is 1.68. The van der Waals surface area contributed by atoms with Gasteiger partial charge in [-0.2, -0.15) is 5.26 Å². The van der Waals surface area contributed by atoms with Gasteiger partial charge in [-0.15, -0.1) is 0 Å². The largest absolute Gasteiger partial charge is 0.481 e. The van der Waals surface area contributed by atoms with Crippen LogP contribution in [0.2, 0.25) is 0 Å². The van der Waals surface area contributed by atoms with E-state index >= 15 is 0 Å². The number of carbonyl (C=O) groups is 2. The molecule has 2 aliphatic heterocycles. The van der Waals surface area contributed by atoms with Gasteiger partial charge in [0.1, 0.15) is 17.5 Å². The van der Waals surface area contributed by atoms with Gasteiger partial charge in [-0.3, -0.25) is 9.59 Å². The minimum Gasteiger partial charge on any atom is -0.481 e. The molecule has 0 radical (unpaired) electrons. The van der Waals surface area contributed by atoms with Crippen LogP contribution in [-0.4, -0.2) is 66.1 Å². The highest BCUT2D eigenvalue weighted by molar-refractivity contribution is 5.97. The smallest absolute Gasteiger partial charge is 0.306 e. The molecule has 2 fully saturated rings. The van der Waals surface area contributed by atoms with Crippen molar-refractivity contribution in [3.63, 3.8) is 0 Å². The number of aliphatic carboxylic acids is 1. The standard InChI is InChI=1S/C20H23FN4O3/c21-17-1-3-18(4-2-17)24-11-9-23(10-12-24)14-16(13-22)19(26)25-7-5-15(6-8-25)20(27)28/h1-4,14-15H,5-12H2,(H,27,28)/b16-14-. The zero-order valence-electron chi connectivity index (χ0n) is 15.6. The Labute approximate surface area is 163 Å². The van der Waals surface area contributed by atoms with E-state index in [0.29, 0.717) is 52.1 Å². The number of amides is 1. The van der Waals surface area contributed by atoms with Crippen LogP contribution < -0.4 is 4.90 Å². The molecule has 2 aliphatic rings. The van der Waals surface area contributed by atoms with E-state index in [0.717, 1.165) is 5.69 Å². The van der Waals surface area contributed by atoms with Crippen LogP contribution in [-0.2, 0) is 9.59 Å². The zero-order chi connectivity index (χ0) is 20.1. The number of benzene rings is 1. The third-order valence-corrected chi connectivity index (χ3v) is 5.30. The first-order chi connectivity index (χ1) is 13.5. The molecule has 1 aromatic carbocycles. The van der Waals surface area contributed by atoms with E-state index in [1.54, 1.807) is 23.2 Å². The molecule has 0 unspecified atom stereocenters. The molecule has 3 rings (SSSR count). The second-order valence-corrected chi connectivity index (χ2v) is 7.06. The number of nitriles is 1. The molecular formula is C20H23FN4O3. The fourth-order valence-corrected chi connectivity index (χ4v) is 3.58. The van der Waals surface area contributed by atoms with Gasteiger partial charge in [0.05, 0.1) is 5.92 Å². The number of likely N-dealkylation sites (tertiary alicyclic amines) is 1. The summed E-state index contributed by atoms with van der Waals surface area (Å²) in [5.74, 6) is -1.86. The molecule has 8 heteroatoms. The number of anilines is 1. The Bertz CT molecular complexity index is 787. The van der Waals surface area contributed by atoms with E-state index < -0.39 is 11.9 Å². The predicted molar refractivity (Wildman–Crippen MR) is 101 cm³/mol. The summed E-state index contributed by atoms with van der Waals surface area (Å²) in [6.07, 6.45) is 2.43. The lowest BCUT2D eigenvalue weighted by Gasteiger charge is -2.36. The van der Waals surface area contributed by atoms with E-state index in [9.17, 15) is 19.2 Å². The van der Waals surface area contributed by atoms with Crippen molar-refractivity contribution in [1.29, 1.82) is 5.26 Å². The van der Waals surface area contributed by atoms with Crippen molar-refractivity contribution in [2.75, 3.05) is 44.2 Å². The SMILES string of the molecule is N#C/C(=C/N1CCN(c2ccc(F)cc2)CC1)C(=O)N1CCC(C(=O)O)CC1. The van der Waals surface area contributed by atoms with Crippen molar-refractivity contribution in [3.8, 4) is 6.07 Å². The molecule has 0 aromatic heterocycles. The third-order valence-electron chi connectivity index (χ3n) is 5.30. The lowest BCUT2D eigenvalue weighted by molar-refractivity contribution is -0.145. The summed E-state index contributed by atoms with van der Waals surface area (Å²) in [6, 6.07) is 8.33. The summed E-state index contributed by atoms with van der Waals surface area (Å²) in [4.78, 5) is 29.3. The van der Waals surface area contributed by atoms with Gasteiger partial charge in [0.25, 0.3) is 5.91 Å². The Morgan fingerprint density at radius 3 is 2.21 bits per heavy atom. The summed E-state index contributed by atoms with van der Waals surface area (Å²) in [5, 5.41) is 18.5. The average Bonchev–Trinajstić information content (AvgIpc) is 2.72. The van der Waals surface area contributed by atoms with E-state index in [-0.39, 0.29) is 17.3 Å². The maximum absolute atomic E-state index is 13.1. The number of carbonyl (C=O) groups excluding carboxylic acids is 1. The molecule has 7 nitrogen and oxygen atoms in total. The summed E-state index contributed by atoms with van der Waals surface area (Å²) >= 11 is 0. The first-order valence-electron chi connectivity index (χ1n) is 9.36. The van der Waals surface area contributed by atoms with Gasteiger partial charge in [0.2, 0.25) is 0 Å². The number of nitrogens with zero attached hydrogens (tertiary/aromatic N) is 4. The van der Waals surface area contributed by atoms with Crippen LogP contribution in [0.5, 0.6) is 0 Å². The first-order valence-corrected chi connectivity index (χ1v) is 9.36. The number of piperidine rings is 1. The van der Waals surface area contributed by atoms with Crippen molar-refractivity contribution in [1.82, 2.24) is 9.80 Å². The number of halogens is 1. The zero-order valence-corrected chi connectivity index (χ0v) is 15.6. The van der Waals surface area contributed by atoms with Crippen molar-refractivity contribution >= 4 is 17.6 Å². The molecule has 2 heterocycles. The molecule has 0 aliphatic carbocycles. The molecule has 1 aromatic rings. The number of carboxylic acids is 1. The Balaban J connectivity index is 1.56. The van der Waals surface area contributed by atoms with Gasteiger partial charge in [0.15, 0.2) is 0 Å². The second-order valence-electron chi connectivity index (χ2n) is 7.06. The highest BCUT2D eigenvalue weighted by atomic mass is 19.1. The highest BCUT2D eigenvalue weighted by Gasteiger charge is 2.29. The van der Waals surface area contributed by atoms with Crippen LogP contribution in [0.3, 0.4) is 0 Å². The minimum absolute atomic E-state index is 0.0732. The van der Waals surface area contributed by atoms with Gasteiger partial charge in [-0.05, 0) is 37.1 Å². The Morgan fingerprint density at radius 1 is 1.07 bits per heavy atom. The summed E-state index contributed by atoms with van der Waals surface area (Å²) in [7, 11) is 0. The molecule has 0 bridgehead atoms. The van der Waals surface area contributed by atoms with Crippen LogP contribution in [0.25, 0.3) is 0 Å². The second kappa shape index (κ2) is 8.74. The fourth-order valence-electron chi connectivity index (χ4n) is 3.58. The third kappa shape index (κ3) is 4.60. The van der Waals surface area contributed by atoms with Gasteiger partial charge in [0, 0.05) is 51.2 Å². The summed E-state index contributed by atoms with van der Waals surface area (Å²) in [5.41, 5.74) is 1.02. The summed E-state index contributed by atoms with van der Waals surface area (Å²) in [6.45, 7) is 3.42. The van der Waals surface area contributed by atoms with Crippen molar-refractivity contribution in [3.05, 3.63) is 41.9 Å². The minimum atomic E-state index is -0.831. The van der Waals surface area contributed by atoms with Crippen LogP contribution in [0.4, 0.5) is 10.1 Å². The van der Waals surface area contributed by atoms with Crippen LogP contribution >= 0.6 is 0 Å². The average molecular weight is 386 g/mol. The molecule has 28 heavy (non-hydrogen) atoms. The molecule has 0 atom stereocenters. The molecule has 2 saturated heterocycles. The van der Waals surface area contributed by atoms with Crippen LogP contribution in [0.1, 0.15) is 12.8 Å². The van der Waals surface area contributed by atoms with Gasteiger partial charge in [-0.25, -0.2) is 4.39 Å². The quantitative estimate of drug-likeness (QED) is 0.626. The number of hydrogen-bond acceptors (Lipinski definition) is 5. The number of carboxylic acid groups (broad SMARTS) is 1. The molecule has 1 amide bonds. The van der Waals surface area contributed by atoms with E-state index in [1.807, 2.05) is 11.0 Å². The maximum Gasteiger partial charge on any atom is 0.306 e. The number of rotatable bonds is 4. The van der Waals surface area contributed by atoms with Crippen molar-refractivity contribution < 1.29 is 19.1 Å². The van der Waals surface area contributed by atoms with Gasteiger partial charge < -0.3 is 19.8 Å². The lowest BCUT2D eigenvalue weighted by Crippen LogP contribution is -2.45. The topological polar surface area (TPSA) is 87.9 Å². The van der Waals surface area contributed by atoms with E-state index in [4.69, 9.17) is 5.11 Å². The van der Waals surface area contributed by atoms with Crippen LogP contribution in [0.15, 0.2) is 36.0 Å². The van der Waals surface area contributed by atoms with Gasteiger partial charge in [-0.1, -0.05) is 0 Å². The summed E-state index contributed by atoms with van der Waals surface area (Å²) < 4.78 is 13.1. The maximum atomic E-state index is 13.1. The van der Waals surface area contributed by atoms with Gasteiger partial charge >= 0.3 is 5.97 Å². The van der Waals surface area contributed by atoms with Crippen LogP contribution in [0, 0.1) is 23.1 Å². The van der Waals surface area contributed by atoms with Crippen molar-refractivity contribution in [2.45, 2.75) is 12.8 Å².